The normalized spacial score (nSPS) is 14.8. The molecule has 1 fully saturated rings. The second-order valence-electron chi connectivity index (χ2n) is 6.35. The largest absolute Gasteiger partial charge is 0.349 e. The van der Waals surface area contributed by atoms with Gasteiger partial charge >= 0.3 is 0 Å². The molecule has 130 valence electrons. The molecule has 2 aromatic rings. The van der Waals surface area contributed by atoms with Crippen LogP contribution in [0.25, 0.3) is 0 Å². The van der Waals surface area contributed by atoms with Gasteiger partial charge in [-0.25, -0.2) is 4.39 Å². The number of hydrogen-bond donors (Lipinski definition) is 2. The van der Waals surface area contributed by atoms with E-state index in [1.54, 1.807) is 30.3 Å². The highest BCUT2D eigenvalue weighted by molar-refractivity contribution is 6.06. The summed E-state index contributed by atoms with van der Waals surface area (Å²) >= 11 is 0. The summed E-state index contributed by atoms with van der Waals surface area (Å²) in [5, 5.41) is 5.67. The average molecular weight is 340 g/mol. The highest BCUT2D eigenvalue weighted by atomic mass is 19.1. The number of anilines is 1. The molecular weight excluding hydrogens is 319 g/mol. The first-order valence-electron chi connectivity index (χ1n) is 8.60. The standard InChI is InChI=1S/C20H21FN2O2/c21-16-8-5-11-18(13-16)23-20(25)15-7-4-6-14(12-15)19(24)22-17-9-2-1-3-10-17/h4-8,11-13,17H,1-3,9-10H2,(H,22,24)(H,23,25). The fraction of sp³-hybridized carbons (Fsp3) is 0.300. The van der Waals surface area contributed by atoms with Gasteiger partial charge in [0, 0.05) is 22.9 Å². The van der Waals surface area contributed by atoms with Gasteiger partial charge in [-0.1, -0.05) is 31.4 Å². The summed E-state index contributed by atoms with van der Waals surface area (Å²) in [6.45, 7) is 0. The lowest BCUT2D eigenvalue weighted by Gasteiger charge is -2.22. The molecule has 0 saturated heterocycles. The van der Waals surface area contributed by atoms with E-state index in [1.165, 1.54) is 24.6 Å². The van der Waals surface area contributed by atoms with Crippen LogP contribution >= 0.6 is 0 Å². The monoisotopic (exact) mass is 340 g/mol. The molecule has 1 aliphatic carbocycles. The summed E-state index contributed by atoms with van der Waals surface area (Å²) in [7, 11) is 0. The average Bonchev–Trinajstić information content (AvgIpc) is 2.62. The third-order valence-corrected chi connectivity index (χ3v) is 4.41. The van der Waals surface area contributed by atoms with E-state index in [0.717, 1.165) is 25.7 Å². The van der Waals surface area contributed by atoms with Crippen molar-refractivity contribution in [3.05, 3.63) is 65.5 Å². The summed E-state index contributed by atoms with van der Waals surface area (Å²) in [5.41, 5.74) is 1.19. The lowest BCUT2D eigenvalue weighted by molar-refractivity contribution is 0.0927. The molecule has 0 radical (unpaired) electrons. The lowest BCUT2D eigenvalue weighted by atomic mass is 9.95. The smallest absolute Gasteiger partial charge is 0.255 e. The van der Waals surface area contributed by atoms with Crippen LogP contribution in [0.1, 0.15) is 52.8 Å². The molecule has 2 aromatic carbocycles. The Morgan fingerprint density at radius 1 is 0.880 bits per heavy atom. The number of rotatable bonds is 4. The second-order valence-corrected chi connectivity index (χ2v) is 6.35. The fourth-order valence-corrected chi connectivity index (χ4v) is 3.09. The summed E-state index contributed by atoms with van der Waals surface area (Å²) in [6.07, 6.45) is 5.52. The van der Waals surface area contributed by atoms with Gasteiger partial charge in [-0.3, -0.25) is 9.59 Å². The van der Waals surface area contributed by atoms with Crippen LogP contribution in [0.2, 0.25) is 0 Å². The zero-order chi connectivity index (χ0) is 17.6. The van der Waals surface area contributed by atoms with Crippen LogP contribution in [0, 0.1) is 5.82 Å². The number of carbonyl (C=O) groups is 2. The van der Waals surface area contributed by atoms with Crippen LogP contribution in [-0.4, -0.2) is 17.9 Å². The zero-order valence-electron chi connectivity index (χ0n) is 13.9. The molecule has 0 aliphatic heterocycles. The van der Waals surface area contributed by atoms with Crippen LogP contribution in [0.15, 0.2) is 48.5 Å². The number of nitrogens with one attached hydrogen (secondary N) is 2. The van der Waals surface area contributed by atoms with Crippen molar-refractivity contribution in [1.29, 1.82) is 0 Å². The summed E-state index contributed by atoms with van der Waals surface area (Å²) < 4.78 is 13.2. The van der Waals surface area contributed by atoms with Crippen LogP contribution in [0.3, 0.4) is 0 Å². The van der Waals surface area contributed by atoms with E-state index < -0.39 is 5.82 Å². The molecule has 0 heterocycles. The lowest BCUT2D eigenvalue weighted by Crippen LogP contribution is -2.36. The minimum absolute atomic E-state index is 0.160. The summed E-state index contributed by atoms with van der Waals surface area (Å²) in [6, 6.07) is 12.5. The Balaban J connectivity index is 1.67. The third-order valence-electron chi connectivity index (χ3n) is 4.41. The van der Waals surface area contributed by atoms with Gasteiger partial charge in [-0.05, 0) is 49.2 Å². The highest BCUT2D eigenvalue weighted by Crippen LogP contribution is 2.18. The molecule has 5 heteroatoms. The summed E-state index contributed by atoms with van der Waals surface area (Å²) in [4.78, 5) is 24.7. The quantitative estimate of drug-likeness (QED) is 0.879. The van der Waals surface area contributed by atoms with Gasteiger partial charge in [-0.15, -0.1) is 0 Å². The number of benzene rings is 2. The molecule has 0 unspecified atom stereocenters. The predicted molar refractivity (Wildman–Crippen MR) is 95.1 cm³/mol. The van der Waals surface area contributed by atoms with Crippen molar-refractivity contribution < 1.29 is 14.0 Å². The van der Waals surface area contributed by atoms with Crippen molar-refractivity contribution in [1.82, 2.24) is 5.32 Å². The second kappa shape index (κ2) is 7.92. The van der Waals surface area contributed by atoms with Gasteiger partial charge in [0.2, 0.25) is 0 Å². The van der Waals surface area contributed by atoms with Gasteiger partial charge in [-0.2, -0.15) is 0 Å². The van der Waals surface area contributed by atoms with Crippen LogP contribution in [-0.2, 0) is 0 Å². The number of hydrogen-bond acceptors (Lipinski definition) is 2. The molecule has 3 rings (SSSR count). The first-order chi connectivity index (χ1) is 12.1. The Bertz CT molecular complexity index is 770. The highest BCUT2D eigenvalue weighted by Gasteiger charge is 2.17. The molecule has 0 atom stereocenters. The minimum atomic E-state index is -0.418. The minimum Gasteiger partial charge on any atom is -0.349 e. The van der Waals surface area contributed by atoms with E-state index >= 15 is 0 Å². The Labute approximate surface area is 146 Å². The molecule has 25 heavy (non-hydrogen) atoms. The summed E-state index contributed by atoms with van der Waals surface area (Å²) in [5.74, 6) is -0.955. The molecule has 4 nitrogen and oxygen atoms in total. The van der Waals surface area contributed by atoms with Crippen molar-refractivity contribution in [3.8, 4) is 0 Å². The number of amides is 2. The van der Waals surface area contributed by atoms with E-state index in [9.17, 15) is 14.0 Å². The van der Waals surface area contributed by atoms with Crippen LogP contribution < -0.4 is 10.6 Å². The number of halogens is 1. The van der Waals surface area contributed by atoms with E-state index in [2.05, 4.69) is 10.6 Å². The Kier molecular flexibility index (Phi) is 5.43. The van der Waals surface area contributed by atoms with Crippen molar-refractivity contribution >= 4 is 17.5 Å². The molecule has 0 aromatic heterocycles. The van der Waals surface area contributed by atoms with Gasteiger partial charge in [0.25, 0.3) is 11.8 Å². The number of carbonyl (C=O) groups excluding carboxylic acids is 2. The Morgan fingerprint density at radius 3 is 2.28 bits per heavy atom. The maximum Gasteiger partial charge on any atom is 0.255 e. The van der Waals surface area contributed by atoms with Gasteiger partial charge in [0.05, 0.1) is 0 Å². The molecule has 2 amide bonds. The molecule has 1 saturated carbocycles. The Morgan fingerprint density at radius 2 is 1.56 bits per heavy atom. The van der Waals surface area contributed by atoms with E-state index in [-0.39, 0.29) is 17.9 Å². The maximum absolute atomic E-state index is 13.2. The predicted octanol–water partition coefficient (Wildman–Crippen LogP) is 4.14. The molecule has 2 N–H and O–H groups in total. The Hall–Kier alpha value is -2.69. The van der Waals surface area contributed by atoms with Crippen molar-refractivity contribution in [2.24, 2.45) is 0 Å². The van der Waals surface area contributed by atoms with Crippen molar-refractivity contribution in [2.75, 3.05) is 5.32 Å². The van der Waals surface area contributed by atoms with E-state index in [1.807, 2.05) is 0 Å². The van der Waals surface area contributed by atoms with Crippen molar-refractivity contribution in [3.63, 3.8) is 0 Å². The van der Waals surface area contributed by atoms with Crippen LogP contribution in [0.4, 0.5) is 10.1 Å². The molecular formula is C20H21FN2O2. The van der Waals surface area contributed by atoms with Gasteiger partial charge < -0.3 is 10.6 Å². The first-order valence-corrected chi connectivity index (χ1v) is 8.60. The zero-order valence-corrected chi connectivity index (χ0v) is 13.9. The van der Waals surface area contributed by atoms with E-state index in [0.29, 0.717) is 16.8 Å². The fourth-order valence-electron chi connectivity index (χ4n) is 3.09. The third kappa shape index (κ3) is 4.66. The molecule has 1 aliphatic rings. The topological polar surface area (TPSA) is 58.2 Å². The molecule has 0 spiro atoms. The van der Waals surface area contributed by atoms with E-state index in [4.69, 9.17) is 0 Å². The first kappa shape index (κ1) is 17.1. The van der Waals surface area contributed by atoms with Gasteiger partial charge in [0.15, 0.2) is 0 Å². The SMILES string of the molecule is O=C(Nc1cccc(F)c1)c1cccc(C(=O)NC2CCCCC2)c1. The van der Waals surface area contributed by atoms with Crippen molar-refractivity contribution in [2.45, 2.75) is 38.1 Å². The van der Waals surface area contributed by atoms with Gasteiger partial charge in [0.1, 0.15) is 5.82 Å². The molecule has 0 bridgehead atoms. The maximum atomic E-state index is 13.2. The van der Waals surface area contributed by atoms with Crippen LogP contribution in [0.5, 0.6) is 0 Å².